The lowest BCUT2D eigenvalue weighted by atomic mass is 10.2. The minimum absolute atomic E-state index is 0.0892. The third-order valence-electron chi connectivity index (χ3n) is 3.29. The molecule has 1 fully saturated rings. The average molecular weight is 265 g/mol. The topological polar surface area (TPSA) is 73.3 Å². The van der Waals surface area contributed by atoms with E-state index in [1.165, 1.54) is 7.11 Å². The highest BCUT2D eigenvalue weighted by molar-refractivity contribution is 5.85. The maximum absolute atomic E-state index is 11.5. The zero-order valence-electron chi connectivity index (χ0n) is 11.5. The minimum Gasteiger partial charge on any atom is -0.463 e. The van der Waals surface area contributed by atoms with Gasteiger partial charge in [-0.2, -0.15) is 0 Å². The highest BCUT2D eigenvalue weighted by Crippen LogP contribution is 2.24. The van der Waals surface area contributed by atoms with Crippen molar-refractivity contribution in [3.05, 3.63) is 17.6 Å². The van der Waals surface area contributed by atoms with Crippen molar-refractivity contribution >= 4 is 11.8 Å². The summed E-state index contributed by atoms with van der Waals surface area (Å²) in [4.78, 5) is 19.7. The number of ether oxygens (including phenoxy) is 2. The van der Waals surface area contributed by atoms with Crippen molar-refractivity contribution < 1.29 is 14.3 Å². The number of carbonyl (C=O) groups excluding carboxylic acids is 1. The molecule has 1 N–H and O–H groups in total. The molecule has 0 saturated heterocycles. The van der Waals surface area contributed by atoms with Gasteiger partial charge in [0.05, 0.1) is 13.2 Å². The Hall–Kier alpha value is -1.69. The quantitative estimate of drug-likeness (QED) is 0.833. The number of nitrogens with one attached hydrogen (secondary N) is 1. The Kier molecular flexibility index (Phi) is 4.31. The molecule has 2 unspecified atom stereocenters. The summed E-state index contributed by atoms with van der Waals surface area (Å²) < 4.78 is 9.97. The van der Waals surface area contributed by atoms with Crippen LogP contribution in [0.5, 0.6) is 0 Å². The van der Waals surface area contributed by atoms with Gasteiger partial charge >= 0.3 is 5.97 Å². The molecule has 1 aliphatic carbocycles. The second-order valence-corrected chi connectivity index (χ2v) is 4.72. The summed E-state index contributed by atoms with van der Waals surface area (Å²) in [7, 11) is 3.05. The molecule has 0 aromatic carbocycles. The Balaban J connectivity index is 2.08. The van der Waals surface area contributed by atoms with Crippen molar-refractivity contribution in [3.63, 3.8) is 0 Å². The first kappa shape index (κ1) is 13.7. The van der Waals surface area contributed by atoms with Gasteiger partial charge < -0.3 is 14.8 Å². The number of esters is 1. The van der Waals surface area contributed by atoms with E-state index < -0.39 is 5.97 Å². The zero-order valence-corrected chi connectivity index (χ0v) is 11.5. The normalized spacial score (nSPS) is 22.3. The number of aromatic nitrogens is 2. The molecule has 1 aliphatic rings. The van der Waals surface area contributed by atoms with Gasteiger partial charge in [0, 0.05) is 24.9 Å². The van der Waals surface area contributed by atoms with E-state index in [1.54, 1.807) is 7.11 Å². The SMILES string of the molecule is COC(=O)c1nc(C)cc(NC2CCC(OC)C2)n1. The van der Waals surface area contributed by atoms with Crippen molar-refractivity contribution in [3.8, 4) is 0 Å². The van der Waals surface area contributed by atoms with Crippen molar-refractivity contribution in [1.29, 1.82) is 0 Å². The van der Waals surface area contributed by atoms with E-state index >= 15 is 0 Å². The second kappa shape index (κ2) is 5.97. The third-order valence-corrected chi connectivity index (χ3v) is 3.29. The van der Waals surface area contributed by atoms with Crippen LogP contribution in [0.3, 0.4) is 0 Å². The summed E-state index contributed by atoms with van der Waals surface area (Å²) in [5.74, 6) is 0.230. The summed E-state index contributed by atoms with van der Waals surface area (Å²) in [6.07, 6.45) is 3.34. The molecular formula is C13H19N3O3. The third kappa shape index (κ3) is 3.41. The smallest absolute Gasteiger partial charge is 0.376 e. The van der Waals surface area contributed by atoms with Crippen LogP contribution in [-0.4, -0.2) is 42.3 Å². The van der Waals surface area contributed by atoms with Crippen LogP contribution in [-0.2, 0) is 9.47 Å². The molecule has 0 aliphatic heterocycles. The maximum atomic E-state index is 11.5. The fraction of sp³-hybridized carbons (Fsp3) is 0.615. The Morgan fingerprint density at radius 3 is 2.79 bits per heavy atom. The number of hydrogen-bond donors (Lipinski definition) is 1. The molecule has 0 bridgehead atoms. The molecule has 2 rings (SSSR count). The van der Waals surface area contributed by atoms with E-state index in [2.05, 4.69) is 20.0 Å². The van der Waals surface area contributed by atoms with Gasteiger partial charge in [0.15, 0.2) is 0 Å². The highest BCUT2D eigenvalue weighted by Gasteiger charge is 2.25. The number of methoxy groups -OCH3 is 2. The van der Waals surface area contributed by atoms with Gasteiger partial charge in [0.2, 0.25) is 5.82 Å². The monoisotopic (exact) mass is 265 g/mol. The molecule has 6 heteroatoms. The summed E-state index contributed by atoms with van der Waals surface area (Å²) in [5.41, 5.74) is 0.735. The Morgan fingerprint density at radius 1 is 1.37 bits per heavy atom. The Morgan fingerprint density at radius 2 is 2.16 bits per heavy atom. The van der Waals surface area contributed by atoms with Crippen molar-refractivity contribution in [2.24, 2.45) is 0 Å². The lowest BCUT2D eigenvalue weighted by molar-refractivity contribution is 0.0586. The molecule has 1 heterocycles. The molecule has 1 aromatic heterocycles. The average Bonchev–Trinajstić information content (AvgIpc) is 2.84. The van der Waals surface area contributed by atoms with Crippen LogP contribution in [0.15, 0.2) is 6.07 Å². The zero-order chi connectivity index (χ0) is 13.8. The molecule has 0 spiro atoms. The van der Waals surface area contributed by atoms with E-state index in [0.717, 1.165) is 25.0 Å². The van der Waals surface area contributed by atoms with E-state index in [4.69, 9.17) is 4.74 Å². The van der Waals surface area contributed by atoms with Crippen LogP contribution in [0.2, 0.25) is 0 Å². The van der Waals surface area contributed by atoms with Crippen molar-refractivity contribution in [2.45, 2.75) is 38.3 Å². The summed E-state index contributed by atoms with van der Waals surface area (Å²) in [6, 6.07) is 2.15. The standard InChI is InChI=1S/C13H19N3O3/c1-8-6-11(16-12(14-8)13(17)19-3)15-9-4-5-10(7-9)18-2/h6,9-10H,4-5,7H2,1-3H3,(H,14,15,16). The van der Waals surface area contributed by atoms with Crippen LogP contribution >= 0.6 is 0 Å². The first-order chi connectivity index (χ1) is 9.12. The van der Waals surface area contributed by atoms with Gasteiger partial charge in [-0.05, 0) is 26.2 Å². The second-order valence-electron chi connectivity index (χ2n) is 4.72. The van der Waals surface area contributed by atoms with Crippen LogP contribution in [0.1, 0.15) is 35.6 Å². The number of aryl methyl sites for hydroxylation is 1. The highest BCUT2D eigenvalue weighted by atomic mass is 16.5. The molecule has 0 radical (unpaired) electrons. The van der Waals surface area contributed by atoms with E-state index in [1.807, 2.05) is 13.0 Å². The first-order valence-corrected chi connectivity index (χ1v) is 6.35. The summed E-state index contributed by atoms with van der Waals surface area (Å²) in [6.45, 7) is 1.83. The largest absolute Gasteiger partial charge is 0.463 e. The molecule has 6 nitrogen and oxygen atoms in total. The number of hydrogen-bond acceptors (Lipinski definition) is 6. The van der Waals surface area contributed by atoms with Crippen molar-refractivity contribution in [1.82, 2.24) is 9.97 Å². The lowest BCUT2D eigenvalue weighted by Gasteiger charge is -2.14. The van der Waals surface area contributed by atoms with Crippen LogP contribution in [0.4, 0.5) is 5.82 Å². The molecule has 104 valence electrons. The molecule has 1 aromatic rings. The fourth-order valence-corrected chi connectivity index (χ4v) is 2.32. The van der Waals surface area contributed by atoms with Gasteiger partial charge in [0.25, 0.3) is 0 Å². The van der Waals surface area contributed by atoms with Gasteiger partial charge in [-0.25, -0.2) is 14.8 Å². The van der Waals surface area contributed by atoms with Gasteiger partial charge in [0.1, 0.15) is 5.82 Å². The van der Waals surface area contributed by atoms with Crippen LogP contribution < -0.4 is 5.32 Å². The molecule has 2 atom stereocenters. The number of anilines is 1. The van der Waals surface area contributed by atoms with Crippen LogP contribution in [0.25, 0.3) is 0 Å². The molecule has 1 saturated carbocycles. The van der Waals surface area contributed by atoms with Gasteiger partial charge in [-0.3, -0.25) is 0 Å². The Labute approximate surface area is 112 Å². The van der Waals surface area contributed by atoms with Crippen molar-refractivity contribution in [2.75, 3.05) is 19.5 Å². The Bertz CT molecular complexity index is 464. The number of nitrogens with zero attached hydrogens (tertiary/aromatic N) is 2. The first-order valence-electron chi connectivity index (χ1n) is 6.35. The number of rotatable bonds is 4. The summed E-state index contributed by atoms with van der Waals surface area (Å²) in [5, 5.41) is 3.33. The maximum Gasteiger partial charge on any atom is 0.376 e. The van der Waals surface area contributed by atoms with Gasteiger partial charge in [-0.15, -0.1) is 0 Å². The predicted molar refractivity (Wildman–Crippen MR) is 70.2 cm³/mol. The fourth-order valence-electron chi connectivity index (χ4n) is 2.32. The predicted octanol–water partition coefficient (Wildman–Crippen LogP) is 1.55. The molecule has 19 heavy (non-hydrogen) atoms. The number of carbonyl (C=O) groups is 1. The van der Waals surface area contributed by atoms with E-state index in [-0.39, 0.29) is 5.82 Å². The molecule has 0 amide bonds. The van der Waals surface area contributed by atoms with E-state index in [9.17, 15) is 4.79 Å². The minimum atomic E-state index is -0.520. The van der Waals surface area contributed by atoms with E-state index in [0.29, 0.717) is 18.0 Å². The molecular weight excluding hydrogens is 246 g/mol. The lowest BCUT2D eigenvalue weighted by Crippen LogP contribution is -2.19. The van der Waals surface area contributed by atoms with Gasteiger partial charge in [-0.1, -0.05) is 0 Å². The van der Waals surface area contributed by atoms with Crippen LogP contribution in [0, 0.1) is 6.92 Å². The summed E-state index contributed by atoms with van der Waals surface area (Å²) >= 11 is 0.